The van der Waals surface area contributed by atoms with Crippen LogP contribution in [0.25, 0.3) is 0 Å². The van der Waals surface area contributed by atoms with E-state index in [1.165, 1.54) is 11.1 Å². The second kappa shape index (κ2) is 2.37. The fraction of sp³-hybridized carbons (Fsp3) is 0.500. The highest BCUT2D eigenvalue weighted by molar-refractivity contribution is 5.37. The standard InChI is InChI=1S/C8H14N2/c1-5-3-4-7(9)8(10)6(5)2/h3-4,9-10H2,1-2H3. The summed E-state index contributed by atoms with van der Waals surface area (Å²) in [7, 11) is 0. The van der Waals surface area contributed by atoms with Crippen LogP contribution in [0.3, 0.4) is 0 Å². The van der Waals surface area contributed by atoms with Gasteiger partial charge in [-0.2, -0.15) is 0 Å². The molecule has 0 radical (unpaired) electrons. The maximum Gasteiger partial charge on any atom is 0.0534 e. The summed E-state index contributed by atoms with van der Waals surface area (Å²) >= 11 is 0. The second-order valence-electron chi connectivity index (χ2n) is 2.84. The molecule has 0 fully saturated rings. The van der Waals surface area contributed by atoms with Crippen LogP contribution in [0.5, 0.6) is 0 Å². The van der Waals surface area contributed by atoms with Crippen molar-refractivity contribution >= 4 is 0 Å². The van der Waals surface area contributed by atoms with Crippen LogP contribution in [0.1, 0.15) is 26.7 Å². The van der Waals surface area contributed by atoms with E-state index in [9.17, 15) is 0 Å². The molecule has 0 saturated heterocycles. The van der Waals surface area contributed by atoms with Gasteiger partial charge in [-0.1, -0.05) is 5.57 Å². The quantitative estimate of drug-likeness (QED) is 0.529. The van der Waals surface area contributed by atoms with E-state index in [1.54, 1.807) is 0 Å². The van der Waals surface area contributed by atoms with E-state index >= 15 is 0 Å². The average molecular weight is 138 g/mol. The van der Waals surface area contributed by atoms with Crippen molar-refractivity contribution in [2.24, 2.45) is 11.5 Å². The Morgan fingerprint density at radius 1 is 1.10 bits per heavy atom. The summed E-state index contributed by atoms with van der Waals surface area (Å²) < 4.78 is 0. The summed E-state index contributed by atoms with van der Waals surface area (Å²) in [4.78, 5) is 0. The van der Waals surface area contributed by atoms with E-state index < -0.39 is 0 Å². The molecule has 0 heterocycles. The Kier molecular flexibility index (Phi) is 1.70. The van der Waals surface area contributed by atoms with Crippen LogP contribution in [0.15, 0.2) is 22.5 Å². The first kappa shape index (κ1) is 7.19. The molecule has 0 amide bonds. The van der Waals surface area contributed by atoms with E-state index in [2.05, 4.69) is 6.92 Å². The summed E-state index contributed by atoms with van der Waals surface area (Å²) in [6.07, 6.45) is 1.99. The Bertz CT molecular complexity index is 187. The Balaban J connectivity index is 3.01. The first-order valence-corrected chi connectivity index (χ1v) is 3.53. The third kappa shape index (κ3) is 1.01. The molecular weight excluding hydrogens is 124 g/mol. The van der Waals surface area contributed by atoms with Crippen molar-refractivity contribution in [1.29, 1.82) is 0 Å². The topological polar surface area (TPSA) is 52.0 Å². The first-order chi connectivity index (χ1) is 4.63. The molecule has 1 rings (SSSR count). The zero-order valence-corrected chi connectivity index (χ0v) is 6.57. The molecule has 0 atom stereocenters. The van der Waals surface area contributed by atoms with Gasteiger partial charge in [0.05, 0.1) is 5.70 Å². The highest BCUT2D eigenvalue weighted by Gasteiger charge is 2.10. The zero-order valence-electron chi connectivity index (χ0n) is 6.57. The molecule has 10 heavy (non-hydrogen) atoms. The molecule has 0 spiro atoms. The van der Waals surface area contributed by atoms with Crippen molar-refractivity contribution in [3.8, 4) is 0 Å². The van der Waals surface area contributed by atoms with Gasteiger partial charge in [-0.05, 0) is 32.3 Å². The van der Waals surface area contributed by atoms with Gasteiger partial charge in [-0.25, -0.2) is 0 Å². The molecule has 1 aliphatic carbocycles. The van der Waals surface area contributed by atoms with Gasteiger partial charge in [0, 0.05) is 5.70 Å². The average Bonchev–Trinajstić information content (AvgIpc) is 1.93. The van der Waals surface area contributed by atoms with Crippen LogP contribution in [0.4, 0.5) is 0 Å². The van der Waals surface area contributed by atoms with Gasteiger partial charge in [-0.15, -0.1) is 0 Å². The molecule has 1 aliphatic rings. The van der Waals surface area contributed by atoms with Crippen molar-refractivity contribution < 1.29 is 0 Å². The van der Waals surface area contributed by atoms with Crippen molar-refractivity contribution in [3.63, 3.8) is 0 Å². The van der Waals surface area contributed by atoms with Crippen molar-refractivity contribution in [2.45, 2.75) is 26.7 Å². The van der Waals surface area contributed by atoms with Gasteiger partial charge < -0.3 is 11.5 Å². The van der Waals surface area contributed by atoms with Gasteiger partial charge in [0.2, 0.25) is 0 Å². The molecule has 0 aromatic rings. The summed E-state index contributed by atoms with van der Waals surface area (Å²) in [5.41, 5.74) is 15.5. The van der Waals surface area contributed by atoms with Gasteiger partial charge >= 0.3 is 0 Å². The molecule has 2 nitrogen and oxygen atoms in total. The van der Waals surface area contributed by atoms with Gasteiger partial charge in [0.15, 0.2) is 0 Å². The lowest BCUT2D eigenvalue weighted by atomic mass is 9.95. The third-order valence-electron chi connectivity index (χ3n) is 2.16. The summed E-state index contributed by atoms with van der Waals surface area (Å²) in [6.45, 7) is 4.13. The lowest BCUT2D eigenvalue weighted by Crippen LogP contribution is -2.15. The molecule has 2 heteroatoms. The molecule has 56 valence electrons. The monoisotopic (exact) mass is 138 g/mol. The molecule has 0 saturated carbocycles. The zero-order chi connectivity index (χ0) is 7.72. The first-order valence-electron chi connectivity index (χ1n) is 3.53. The molecule has 0 aromatic carbocycles. The Hall–Kier alpha value is -0.920. The van der Waals surface area contributed by atoms with Crippen LogP contribution in [0.2, 0.25) is 0 Å². The summed E-state index contributed by atoms with van der Waals surface area (Å²) in [6, 6.07) is 0. The fourth-order valence-corrected chi connectivity index (χ4v) is 1.12. The van der Waals surface area contributed by atoms with E-state index in [-0.39, 0.29) is 0 Å². The normalized spacial score (nSPS) is 20.2. The lowest BCUT2D eigenvalue weighted by molar-refractivity contribution is 0.846. The third-order valence-corrected chi connectivity index (χ3v) is 2.16. The lowest BCUT2D eigenvalue weighted by Gasteiger charge is -2.16. The van der Waals surface area contributed by atoms with E-state index in [1.807, 2.05) is 6.92 Å². The maximum absolute atomic E-state index is 5.71. The van der Waals surface area contributed by atoms with Crippen LogP contribution >= 0.6 is 0 Å². The van der Waals surface area contributed by atoms with Crippen molar-refractivity contribution in [2.75, 3.05) is 0 Å². The highest BCUT2D eigenvalue weighted by atomic mass is 14.7. The van der Waals surface area contributed by atoms with Crippen LogP contribution in [0, 0.1) is 0 Å². The molecule has 0 aliphatic heterocycles. The molecular formula is C8H14N2. The fourth-order valence-electron chi connectivity index (χ4n) is 1.12. The van der Waals surface area contributed by atoms with Crippen molar-refractivity contribution in [1.82, 2.24) is 0 Å². The summed E-state index contributed by atoms with van der Waals surface area (Å²) in [5, 5.41) is 0. The Morgan fingerprint density at radius 2 is 1.70 bits per heavy atom. The largest absolute Gasteiger partial charge is 0.400 e. The maximum atomic E-state index is 5.71. The second-order valence-corrected chi connectivity index (χ2v) is 2.84. The van der Waals surface area contributed by atoms with Crippen molar-refractivity contribution in [3.05, 3.63) is 22.5 Å². The number of hydrogen-bond donors (Lipinski definition) is 2. The minimum absolute atomic E-state index is 0.795. The molecule has 0 aromatic heterocycles. The van der Waals surface area contributed by atoms with Crippen LogP contribution < -0.4 is 11.5 Å². The van der Waals surface area contributed by atoms with Gasteiger partial charge in [-0.3, -0.25) is 0 Å². The number of allylic oxidation sites excluding steroid dienone is 3. The SMILES string of the molecule is CC1=C(C)C(N)=C(N)CC1. The smallest absolute Gasteiger partial charge is 0.0534 e. The molecule has 0 bridgehead atoms. The Morgan fingerprint density at radius 3 is 2.20 bits per heavy atom. The van der Waals surface area contributed by atoms with Crippen LogP contribution in [-0.4, -0.2) is 0 Å². The highest BCUT2D eigenvalue weighted by Crippen LogP contribution is 2.23. The van der Waals surface area contributed by atoms with E-state index in [0.29, 0.717) is 0 Å². The van der Waals surface area contributed by atoms with E-state index in [4.69, 9.17) is 11.5 Å². The minimum Gasteiger partial charge on any atom is -0.400 e. The minimum atomic E-state index is 0.795. The number of hydrogen-bond acceptors (Lipinski definition) is 2. The Labute approximate surface area is 61.6 Å². The van der Waals surface area contributed by atoms with Gasteiger partial charge in [0.1, 0.15) is 0 Å². The predicted octanol–water partition coefficient (Wildman–Crippen LogP) is 1.25. The molecule has 0 unspecified atom stereocenters. The molecule has 4 N–H and O–H groups in total. The number of nitrogens with two attached hydrogens (primary N) is 2. The van der Waals surface area contributed by atoms with E-state index in [0.717, 1.165) is 24.2 Å². The van der Waals surface area contributed by atoms with Gasteiger partial charge in [0.25, 0.3) is 0 Å². The predicted molar refractivity (Wildman–Crippen MR) is 43.0 cm³/mol. The van der Waals surface area contributed by atoms with Crippen LogP contribution in [-0.2, 0) is 0 Å². The summed E-state index contributed by atoms with van der Waals surface area (Å²) in [5.74, 6) is 0. The number of rotatable bonds is 0.